The summed E-state index contributed by atoms with van der Waals surface area (Å²) in [6.07, 6.45) is 0. The van der Waals surface area contributed by atoms with Crippen LogP contribution in [0.1, 0.15) is 17.5 Å². The van der Waals surface area contributed by atoms with Crippen LogP contribution in [0.25, 0.3) is 22.4 Å². The van der Waals surface area contributed by atoms with Crippen LogP contribution in [0.3, 0.4) is 0 Å². The Morgan fingerprint density at radius 1 is 1.11 bits per heavy atom. The molecule has 4 aromatic rings. The Morgan fingerprint density at radius 2 is 1.89 bits per heavy atom. The van der Waals surface area contributed by atoms with Crippen molar-refractivity contribution in [2.75, 3.05) is 11.9 Å². The second-order valence-corrected chi connectivity index (χ2v) is 6.62. The lowest BCUT2D eigenvalue weighted by molar-refractivity contribution is 0.0995. The lowest BCUT2D eigenvalue weighted by atomic mass is 10.2. The highest BCUT2D eigenvalue weighted by molar-refractivity contribution is 6.35. The van der Waals surface area contributed by atoms with Gasteiger partial charge in [0.1, 0.15) is 0 Å². The fourth-order valence-electron chi connectivity index (χ4n) is 2.64. The minimum Gasteiger partial charge on any atom is -0.490 e. The lowest BCUT2D eigenvalue weighted by Crippen LogP contribution is -2.10. The molecule has 2 aromatic carbocycles. The number of amides is 1. The van der Waals surface area contributed by atoms with Gasteiger partial charge in [-0.2, -0.15) is 0 Å². The molecule has 0 radical (unpaired) electrons. The largest absolute Gasteiger partial charge is 0.490 e. The van der Waals surface area contributed by atoms with Crippen LogP contribution in [-0.4, -0.2) is 22.7 Å². The van der Waals surface area contributed by atoms with Crippen molar-refractivity contribution in [3.8, 4) is 17.2 Å². The van der Waals surface area contributed by atoms with Crippen LogP contribution in [-0.2, 0) is 0 Å². The average Bonchev–Trinajstić information content (AvgIpc) is 3.28. The fraction of sp³-hybridized carbons (Fsp3) is 0.105. The zero-order valence-electron chi connectivity index (χ0n) is 14.5. The molecule has 0 spiro atoms. The van der Waals surface area contributed by atoms with Crippen LogP contribution in [0.5, 0.6) is 5.75 Å². The second-order valence-electron chi connectivity index (χ2n) is 5.74. The van der Waals surface area contributed by atoms with Gasteiger partial charge in [-0.15, -0.1) is 5.10 Å². The Morgan fingerprint density at radius 3 is 2.64 bits per heavy atom. The van der Waals surface area contributed by atoms with Crippen molar-refractivity contribution in [3.05, 3.63) is 58.3 Å². The third-order valence-electron chi connectivity index (χ3n) is 3.79. The fourth-order valence-corrected chi connectivity index (χ4v) is 3.17. The molecular formula is C19H13Cl2N3O4. The molecule has 9 heteroatoms. The first-order chi connectivity index (χ1) is 13.5. The summed E-state index contributed by atoms with van der Waals surface area (Å²) in [5.41, 5.74) is 1.03. The van der Waals surface area contributed by atoms with E-state index in [1.165, 1.54) is 0 Å². The van der Waals surface area contributed by atoms with E-state index in [9.17, 15) is 4.79 Å². The highest BCUT2D eigenvalue weighted by Gasteiger charge is 2.18. The van der Waals surface area contributed by atoms with Gasteiger partial charge in [0.15, 0.2) is 17.1 Å². The van der Waals surface area contributed by atoms with Gasteiger partial charge in [0.25, 0.3) is 5.91 Å². The number of fused-ring (bicyclic) bond motifs is 1. The number of furan rings is 1. The molecule has 7 nitrogen and oxygen atoms in total. The number of rotatable bonds is 5. The molecule has 0 atom stereocenters. The Kier molecular flexibility index (Phi) is 4.93. The first-order valence-corrected chi connectivity index (χ1v) is 9.06. The molecule has 0 aliphatic carbocycles. The van der Waals surface area contributed by atoms with Gasteiger partial charge in [-0.05, 0) is 37.3 Å². The summed E-state index contributed by atoms with van der Waals surface area (Å²) in [4.78, 5) is 12.5. The zero-order chi connectivity index (χ0) is 19.7. The number of ether oxygens (including phenoxy) is 1. The van der Waals surface area contributed by atoms with Crippen molar-refractivity contribution in [2.45, 2.75) is 6.92 Å². The molecular weight excluding hydrogens is 405 g/mol. The number of carbonyl (C=O) groups excluding carboxylic acids is 1. The Bertz CT molecular complexity index is 1150. The number of halogens is 2. The third kappa shape index (κ3) is 3.67. The Balaban J connectivity index is 1.57. The van der Waals surface area contributed by atoms with E-state index >= 15 is 0 Å². The highest BCUT2D eigenvalue weighted by Crippen LogP contribution is 2.30. The quantitative estimate of drug-likeness (QED) is 0.464. The van der Waals surface area contributed by atoms with E-state index in [4.69, 9.17) is 36.8 Å². The minimum atomic E-state index is -0.530. The van der Waals surface area contributed by atoms with Crippen LogP contribution < -0.4 is 10.1 Å². The molecule has 0 saturated heterocycles. The van der Waals surface area contributed by atoms with E-state index in [0.29, 0.717) is 33.5 Å². The molecule has 0 aliphatic rings. The number of benzene rings is 2. The van der Waals surface area contributed by atoms with Crippen LogP contribution >= 0.6 is 23.2 Å². The number of hydrogen-bond acceptors (Lipinski definition) is 6. The molecule has 4 rings (SSSR count). The number of anilines is 1. The normalized spacial score (nSPS) is 11.0. The summed E-state index contributed by atoms with van der Waals surface area (Å²) in [7, 11) is 0. The predicted molar refractivity (Wildman–Crippen MR) is 105 cm³/mol. The third-order valence-corrected chi connectivity index (χ3v) is 4.22. The SMILES string of the molecule is CCOc1cccc2cc(C(=O)Nc3nnc(-c4cc(Cl)cc(Cl)c4)o3)oc12. The van der Waals surface area contributed by atoms with Crippen molar-refractivity contribution in [1.82, 2.24) is 10.2 Å². The van der Waals surface area contributed by atoms with E-state index in [0.717, 1.165) is 5.39 Å². The van der Waals surface area contributed by atoms with E-state index in [1.54, 1.807) is 30.3 Å². The first kappa shape index (κ1) is 18.3. The predicted octanol–water partition coefficient (Wildman–Crippen LogP) is 5.44. The van der Waals surface area contributed by atoms with E-state index < -0.39 is 5.91 Å². The number of para-hydroxylation sites is 1. The average molecular weight is 418 g/mol. The Labute approximate surface area is 169 Å². The molecule has 0 aliphatic heterocycles. The van der Waals surface area contributed by atoms with Crippen molar-refractivity contribution >= 4 is 46.1 Å². The number of nitrogens with zero attached hydrogens (tertiary/aromatic N) is 2. The summed E-state index contributed by atoms with van der Waals surface area (Å²) in [5, 5.41) is 11.8. The van der Waals surface area contributed by atoms with Crippen LogP contribution in [0.4, 0.5) is 6.01 Å². The van der Waals surface area contributed by atoms with Gasteiger partial charge in [-0.3, -0.25) is 10.1 Å². The number of carbonyl (C=O) groups is 1. The maximum absolute atomic E-state index is 12.5. The topological polar surface area (TPSA) is 90.4 Å². The van der Waals surface area contributed by atoms with Crippen LogP contribution in [0, 0.1) is 0 Å². The van der Waals surface area contributed by atoms with Gasteiger partial charge < -0.3 is 13.6 Å². The molecule has 142 valence electrons. The number of aromatic nitrogens is 2. The zero-order valence-corrected chi connectivity index (χ0v) is 16.0. The monoisotopic (exact) mass is 417 g/mol. The maximum Gasteiger partial charge on any atom is 0.322 e. The van der Waals surface area contributed by atoms with Crippen molar-refractivity contribution < 1.29 is 18.4 Å². The molecule has 2 heterocycles. The van der Waals surface area contributed by atoms with Crippen molar-refractivity contribution in [1.29, 1.82) is 0 Å². The van der Waals surface area contributed by atoms with Gasteiger partial charge in [0.05, 0.1) is 6.61 Å². The lowest BCUT2D eigenvalue weighted by Gasteiger charge is -2.02. The minimum absolute atomic E-state index is 0.0819. The molecule has 0 unspecified atom stereocenters. The van der Waals surface area contributed by atoms with Crippen LogP contribution in [0.15, 0.2) is 51.3 Å². The molecule has 2 aromatic heterocycles. The Hall–Kier alpha value is -3.03. The molecule has 28 heavy (non-hydrogen) atoms. The standard InChI is InChI=1S/C19H13Cl2N3O4/c1-2-26-14-5-3-4-10-8-15(27-16(10)14)17(25)22-19-24-23-18(28-19)11-6-12(20)9-13(21)7-11/h3-9H,2H2,1H3,(H,22,24,25). The van der Waals surface area contributed by atoms with Gasteiger partial charge >= 0.3 is 6.01 Å². The first-order valence-electron chi connectivity index (χ1n) is 8.30. The molecule has 1 N–H and O–H groups in total. The number of hydrogen-bond donors (Lipinski definition) is 1. The summed E-state index contributed by atoms with van der Waals surface area (Å²) in [5.74, 6) is 0.297. The molecule has 0 fully saturated rings. The van der Waals surface area contributed by atoms with Crippen molar-refractivity contribution in [3.63, 3.8) is 0 Å². The van der Waals surface area contributed by atoms with Crippen molar-refractivity contribution in [2.24, 2.45) is 0 Å². The van der Waals surface area contributed by atoms with Gasteiger partial charge in [0.2, 0.25) is 5.89 Å². The van der Waals surface area contributed by atoms with Gasteiger partial charge in [-0.1, -0.05) is 40.4 Å². The summed E-state index contributed by atoms with van der Waals surface area (Å²) in [6, 6.07) is 11.8. The summed E-state index contributed by atoms with van der Waals surface area (Å²) in [6.45, 7) is 2.36. The highest BCUT2D eigenvalue weighted by atomic mass is 35.5. The van der Waals surface area contributed by atoms with E-state index in [1.807, 2.05) is 19.1 Å². The smallest absolute Gasteiger partial charge is 0.322 e. The molecule has 0 saturated carbocycles. The van der Waals surface area contributed by atoms with E-state index in [2.05, 4.69) is 15.5 Å². The summed E-state index contributed by atoms with van der Waals surface area (Å²) < 4.78 is 16.6. The molecule has 1 amide bonds. The summed E-state index contributed by atoms with van der Waals surface area (Å²) >= 11 is 12.0. The van der Waals surface area contributed by atoms with Gasteiger partial charge in [0, 0.05) is 21.0 Å². The van der Waals surface area contributed by atoms with Gasteiger partial charge in [-0.25, -0.2) is 0 Å². The second kappa shape index (κ2) is 7.53. The molecule has 0 bridgehead atoms. The van der Waals surface area contributed by atoms with E-state index in [-0.39, 0.29) is 17.7 Å². The maximum atomic E-state index is 12.5. The van der Waals surface area contributed by atoms with Crippen LogP contribution in [0.2, 0.25) is 10.0 Å². The number of nitrogens with one attached hydrogen (secondary N) is 1.